The number of ketones is 1. The van der Waals surface area contributed by atoms with Gasteiger partial charge in [0.15, 0.2) is 5.78 Å². The molecule has 0 aromatic rings. The zero-order chi connectivity index (χ0) is 16.1. The topological polar surface area (TPSA) is 26.3 Å². The van der Waals surface area contributed by atoms with Crippen molar-refractivity contribution in [3.8, 4) is 0 Å². The van der Waals surface area contributed by atoms with Crippen LogP contribution in [0.1, 0.15) is 55.4 Å². The fraction of sp³-hybridized carbons (Fsp3) is 0.611. The van der Waals surface area contributed by atoms with Gasteiger partial charge in [-0.05, 0) is 23.0 Å². The summed E-state index contributed by atoms with van der Waals surface area (Å²) in [5, 5.41) is 0. The monoisotopic (exact) mass is 278 g/mol. The maximum Gasteiger partial charge on any atom is 0.186 e. The van der Waals surface area contributed by atoms with Gasteiger partial charge in [-0.2, -0.15) is 0 Å². The van der Waals surface area contributed by atoms with Crippen LogP contribution in [0.25, 0.3) is 0 Å². The van der Waals surface area contributed by atoms with Crippen molar-refractivity contribution in [1.29, 1.82) is 0 Å². The first-order valence-electron chi connectivity index (χ1n) is 7.29. The van der Waals surface area contributed by atoms with Gasteiger partial charge in [-0.1, -0.05) is 55.4 Å². The number of methoxy groups -OCH3 is 1. The second-order valence-electron chi connectivity index (χ2n) is 6.80. The Bertz CT molecular complexity index is 399. The van der Waals surface area contributed by atoms with E-state index in [1.807, 2.05) is 26.0 Å². The summed E-state index contributed by atoms with van der Waals surface area (Å²) in [6.07, 6.45) is 5.55. The molecular formula is C18H30O2. The number of rotatable bonds is 1. The maximum atomic E-state index is 12.6. The fourth-order valence-corrected chi connectivity index (χ4v) is 1.97. The van der Waals surface area contributed by atoms with Crippen LogP contribution in [0.3, 0.4) is 0 Å². The van der Waals surface area contributed by atoms with Gasteiger partial charge in [0.05, 0.1) is 13.4 Å². The number of Topliss-reactive ketones (excluding diaryl/α,β-unsaturated/α-hetero) is 1. The first-order chi connectivity index (χ1) is 9.07. The van der Waals surface area contributed by atoms with Crippen LogP contribution < -0.4 is 0 Å². The van der Waals surface area contributed by atoms with E-state index >= 15 is 0 Å². The van der Waals surface area contributed by atoms with Crippen molar-refractivity contribution in [3.63, 3.8) is 0 Å². The second-order valence-corrected chi connectivity index (χ2v) is 6.80. The number of carbonyl (C=O) groups excluding carboxylic acids is 1. The third-order valence-corrected chi connectivity index (χ3v) is 2.98. The van der Waals surface area contributed by atoms with Crippen LogP contribution in [0.5, 0.6) is 0 Å². The molecule has 2 heteroatoms. The molecule has 0 heterocycles. The fourth-order valence-electron chi connectivity index (χ4n) is 1.97. The van der Waals surface area contributed by atoms with Crippen LogP contribution in [0, 0.1) is 10.8 Å². The van der Waals surface area contributed by atoms with E-state index in [0.29, 0.717) is 0 Å². The molecular weight excluding hydrogens is 248 g/mol. The smallest absolute Gasteiger partial charge is 0.186 e. The predicted molar refractivity (Wildman–Crippen MR) is 86.5 cm³/mol. The quantitative estimate of drug-likeness (QED) is 0.626. The molecule has 114 valence electrons. The number of hydrogen-bond acceptors (Lipinski definition) is 2. The van der Waals surface area contributed by atoms with E-state index in [1.165, 1.54) is 0 Å². The summed E-state index contributed by atoms with van der Waals surface area (Å²) in [6, 6.07) is 0. The van der Waals surface area contributed by atoms with Gasteiger partial charge in [0.25, 0.3) is 0 Å². The molecule has 0 atom stereocenters. The minimum absolute atomic E-state index is 0.156. The first kappa shape index (κ1) is 18.7. The highest BCUT2D eigenvalue weighted by molar-refractivity contribution is 6.11. The van der Waals surface area contributed by atoms with Gasteiger partial charge in [0.1, 0.15) is 0 Å². The van der Waals surface area contributed by atoms with Crippen molar-refractivity contribution in [2.75, 3.05) is 7.11 Å². The molecule has 0 spiro atoms. The van der Waals surface area contributed by atoms with E-state index in [4.69, 9.17) is 4.74 Å². The summed E-state index contributed by atoms with van der Waals surface area (Å²) >= 11 is 0. The van der Waals surface area contributed by atoms with Crippen molar-refractivity contribution in [1.82, 2.24) is 0 Å². The van der Waals surface area contributed by atoms with Crippen LogP contribution in [0.2, 0.25) is 0 Å². The Labute approximate surface area is 124 Å². The lowest BCUT2D eigenvalue weighted by Gasteiger charge is -2.31. The highest BCUT2D eigenvalue weighted by Crippen LogP contribution is 2.38. The molecule has 0 saturated heterocycles. The van der Waals surface area contributed by atoms with Crippen molar-refractivity contribution in [3.05, 3.63) is 35.1 Å². The van der Waals surface area contributed by atoms with E-state index in [0.717, 1.165) is 16.7 Å². The lowest BCUT2D eigenvalue weighted by Crippen LogP contribution is -2.27. The Balaban J connectivity index is 0.00000172. The van der Waals surface area contributed by atoms with Gasteiger partial charge < -0.3 is 4.74 Å². The van der Waals surface area contributed by atoms with Crippen molar-refractivity contribution < 1.29 is 9.53 Å². The number of allylic oxidation sites excluding steroid dienone is 5. The first-order valence-corrected chi connectivity index (χ1v) is 7.29. The standard InChI is InChI=1S/C16H24O2.C2H6/c1-15(2,3)12-8-11(10-18-7)9-13(14(12)17)16(4,5)6;1-2/h8-10H,1-7H3;1-2H3. The Morgan fingerprint density at radius 3 is 1.50 bits per heavy atom. The van der Waals surface area contributed by atoms with Crippen molar-refractivity contribution in [2.24, 2.45) is 10.8 Å². The van der Waals surface area contributed by atoms with Gasteiger partial charge in [-0.15, -0.1) is 0 Å². The molecule has 20 heavy (non-hydrogen) atoms. The number of hydrogen-bond donors (Lipinski definition) is 0. The summed E-state index contributed by atoms with van der Waals surface area (Å²) < 4.78 is 5.08. The molecule has 0 amide bonds. The van der Waals surface area contributed by atoms with Gasteiger partial charge >= 0.3 is 0 Å². The highest BCUT2D eigenvalue weighted by atomic mass is 16.5. The van der Waals surface area contributed by atoms with E-state index in [9.17, 15) is 4.79 Å². The largest absolute Gasteiger partial charge is 0.504 e. The van der Waals surface area contributed by atoms with Crippen LogP contribution in [0.4, 0.5) is 0 Å². The number of carbonyl (C=O) groups is 1. The van der Waals surface area contributed by atoms with E-state index < -0.39 is 0 Å². The molecule has 0 fully saturated rings. The molecule has 0 radical (unpaired) electrons. The summed E-state index contributed by atoms with van der Waals surface area (Å²) in [4.78, 5) is 12.6. The van der Waals surface area contributed by atoms with Crippen LogP contribution in [-0.4, -0.2) is 12.9 Å². The number of ether oxygens (including phenoxy) is 1. The molecule has 1 aliphatic carbocycles. The molecule has 2 nitrogen and oxygen atoms in total. The molecule has 0 aromatic heterocycles. The lowest BCUT2D eigenvalue weighted by molar-refractivity contribution is -0.114. The average molecular weight is 278 g/mol. The van der Waals surface area contributed by atoms with Gasteiger partial charge in [-0.3, -0.25) is 4.79 Å². The molecule has 0 aromatic carbocycles. The Hall–Kier alpha value is -1.31. The van der Waals surface area contributed by atoms with Crippen LogP contribution in [0.15, 0.2) is 35.1 Å². The van der Waals surface area contributed by atoms with Gasteiger partial charge in [0, 0.05) is 16.7 Å². The Morgan fingerprint density at radius 2 is 1.25 bits per heavy atom. The van der Waals surface area contributed by atoms with Crippen molar-refractivity contribution >= 4 is 5.78 Å². The zero-order valence-electron chi connectivity index (χ0n) is 14.5. The third-order valence-electron chi connectivity index (χ3n) is 2.98. The summed E-state index contributed by atoms with van der Waals surface area (Å²) in [7, 11) is 1.62. The Morgan fingerprint density at radius 1 is 0.900 bits per heavy atom. The molecule has 1 aliphatic rings. The SMILES string of the molecule is CC.COC=C1C=C(C(C)(C)C)C(=O)C(C(C)(C)C)=C1. The molecule has 0 bridgehead atoms. The van der Waals surface area contributed by atoms with E-state index in [-0.39, 0.29) is 16.6 Å². The second kappa shape index (κ2) is 6.92. The Kier molecular flexibility index (Phi) is 6.46. The van der Waals surface area contributed by atoms with E-state index in [2.05, 4.69) is 41.5 Å². The maximum absolute atomic E-state index is 12.6. The normalized spacial score (nSPS) is 15.8. The average Bonchev–Trinajstić information content (AvgIpc) is 2.31. The minimum atomic E-state index is -0.158. The summed E-state index contributed by atoms with van der Waals surface area (Å²) in [6.45, 7) is 16.4. The lowest BCUT2D eigenvalue weighted by atomic mass is 9.72. The molecule has 0 aliphatic heterocycles. The molecule has 0 unspecified atom stereocenters. The predicted octanol–water partition coefficient (Wildman–Crippen LogP) is 5.07. The van der Waals surface area contributed by atoms with E-state index in [1.54, 1.807) is 13.4 Å². The molecule has 0 N–H and O–H groups in total. The van der Waals surface area contributed by atoms with Crippen LogP contribution >= 0.6 is 0 Å². The highest BCUT2D eigenvalue weighted by Gasteiger charge is 2.33. The van der Waals surface area contributed by atoms with Crippen LogP contribution in [-0.2, 0) is 9.53 Å². The van der Waals surface area contributed by atoms with Crippen molar-refractivity contribution in [2.45, 2.75) is 55.4 Å². The zero-order valence-corrected chi connectivity index (χ0v) is 14.5. The summed E-state index contributed by atoms with van der Waals surface area (Å²) in [5.74, 6) is 0.156. The minimum Gasteiger partial charge on any atom is -0.504 e. The molecule has 0 saturated carbocycles. The summed E-state index contributed by atoms with van der Waals surface area (Å²) in [5.41, 5.74) is 2.33. The van der Waals surface area contributed by atoms with Gasteiger partial charge in [-0.25, -0.2) is 0 Å². The van der Waals surface area contributed by atoms with Gasteiger partial charge in [0.2, 0.25) is 0 Å². The molecule has 1 rings (SSSR count). The third kappa shape index (κ3) is 4.66.